The predicted octanol–water partition coefficient (Wildman–Crippen LogP) is 23.9. The number of nitrogens with zero attached hydrogens (tertiary/aromatic N) is 4. The molecule has 0 radical (unpaired) electrons. The van der Waals surface area contributed by atoms with Crippen molar-refractivity contribution in [3.8, 4) is 45.0 Å². The Hall–Kier alpha value is -7.04. The van der Waals surface area contributed by atoms with Gasteiger partial charge in [0.15, 0.2) is 0 Å². The molecule has 4 heterocycles. The summed E-state index contributed by atoms with van der Waals surface area (Å²) in [6.45, 7) is 9.20. The Kier molecular flexibility index (Phi) is 20.4. The van der Waals surface area contributed by atoms with Crippen LogP contribution in [0.15, 0.2) is 158 Å². The largest absolute Gasteiger partial charge is 0.291 e. The van der Waals surface area contributed by atoms with Gasteiger partial charge in [-0.3, -0.25) is 8.80 Å². The van der Waals surface area contributed by atoms with Crippen LogP contribution in [0.25, 0.3) is 99.7 Å². The lowest BCUT2D eigenvalue weighted by molar-refractivity contribution is 0.607. The van der Waals surface area contributed by atoms with Gasteiger partial charge < -0.3 is 0 Å². The van der Waals surface area contributed by atoms with Crippen molar-refractivity contribution in [2.75, 3.05) is 0 Å². The highest BCUT2D eigenvalue weighted by Gasteiger charge is 2.25. The van der Waals surface area contributed by atoms with E-state index in [4.69, 9.17) is 9.97 Å². The third-order valence-electron chi connectivity index (χ3n) is 18.5. The van der Waals surface area contributed by atoms with Crippen LogP contribution in [-0.2, 0) is 25.7 Å². The quantitative estimate of drug-likeness (QED) is 0.0239. The Bertz CT molecular complexity index is 3620. The van der Waals surface area contributed by atoms with Crippen molar-refractivity contribution in [3.05, 3.63) is 180 Å². The first-order chi connectivity index (χ1) is 41.6. The molecule has 84 heavy (non-hydrogen) atoms. The topological polar surface area (TPSA) is 34.6 Å². The van der Waals surface area contributed by atoms with Crippen LogP contribution < -0.4 is 0 Å². The number of hydrogen-bond acceptors (Lipinski definition) is 2. The summed E-state index contributed by atoms with van der Waals surface area (Å²) in [6, 6.07) is 60.9. The van der Waals surface area contributed by atoms with Crippen molar-refractivity contribution in [1.29, 1.82) is 0 Å². The maximum absolute atomic E-state index is 5.85. The Morgan fingerprint density at radius 1 is 0.262 bits per heavy atom. The molecule has 0 saturated heterocycles. The fraction of sp³-hybridized carbons (Fsp3) is 0.400. The SMILES string of the molecule is CCCCCCCCc1ccc(-c2nc3c4cc5c6ccccc6n6c(-c7ccc(CCCCCCCC)cc7)c(-c7ccc(CCCCCCCC)cc7)nc6c5cc4c4ccccc4n3c2-c2ccc(CCCCCCCC)cc2)cc1. The van der Waals surface area contributed by atoms with Gasteiger partial charge in [0.2, 0.25) is 0 Å². The smallest absolute Gasteiger partial charge is 0.146 e. The average molecular weight is 1110 g/mol. The lowest BCUT2D eigenvalue weighted by atomic mass is 9.97. The lowest BCUT2D eigenvalue weighted by Gasteiger charge is -2.15. The number of aryl methyl sites for hydroxylation is 4. The molecule has 0 fully saturated rings. The first-order valence-corrected chi connectivity index (χ1v) is 33.6. The van der Waals surface area contributed by atoms with Crippen LogP contribution in [0.4, 0.5) is 0 Å². The number of fused-ring (bicyclic) bond motifs is 12. The maximum atomic E-state index is 5.85. The van der Waals surface area contributed by atoms with Crippen molar-refractivity contribution in [3.63, 3.8) is 0 Å². The van der Waals surface area contributed by atoms with E-state index in [0.29, 0.717) is 0 Å². The monoisotopic (exact) mass is 1110 g/mol. The standard InChI is InChI=1S/C80H94N4/c1-5-9-13-17-21-25-33-59-41-49-63(50-42-59)75-77(65-53-45-61(46-54-65)35-27-23-19-15-11-7-3)83-73-39-31-29-37-67(73)69-58-72-70(57-71(69)79(83)81-75)68-38-30-32-40-74(68)84-78(66-55-47-62(48-56-66)36-28-24-20-16-12-8-4)76(82-80(72)84)64-51-43-60(44-52-64)34-26-22-18-14-10-6-2/h29-32,37-58H,5-28,33-36H2,1-4H3. The molecule has 7 aromatic carbocycles. The number of para-hydroxylation sites is 2. The van der Waals surface area contributed by atoms with E-state index in [2.05, 4.69) is 194 Å². The minimum Gasteiger partial charge on any atom is -0.291 e. The van der Waals surface area contributed by atoms with Gasteiger partial charge in [-0.25, -0.2) is 9.97 Å². The van der Waals surface area contributed by atoms with Gasteiger partial charge in [-0.05, 0) is 109 Å². The highest BCUT2D eigenvalue weighted by molar-refractivity contribution is 6.23. The van der Waals surface area contributed by atoms with Crippen molar-refractivity contribution >= 4 is 54.6 Å². The van der Waals surface area contributed by atoms with Gasteiger partial charge in [0.05, 0.1) is 33.8 Å². The summed E-state index contributed by atoms with van der Waals surface area (Å²) in [4.78, 5) is 11.7. The Morgan fingerprint density at radius 2 is 0.536 bits per heavy atom. The Labute approximate surface area is 503 Å². The van der Waals surface area contributed by atoms with Gasteiger partial charge in [0.25, 0.3) is 0 Å². The number of aromatic nitrogens is 4. The van der Waals surface area contributed by atoms with Crippen LogP contribution in [0.2, 0.25) is 0 Å². The second-order valence-electron chi connectivity index (χ2n) is 24.8. The number of unbranched alkanes of at least 4 members (excludes halogenated alkanes) is 20. The second-order valence-corrected chi connectivity index (χ2v) is 24.8. The van der Waals surface area contributed by atoms with Gasteiger partial charge in [-0.1, -0.05) is 290 Å². The predicted molar refractivity (Wildman–Crippen MR) is 364 cm³/mol. The lowest BCUT2D eigenvalue weighted by Crippen LogP contribution is -1.97. The summed E-state index contributed by atoms with van der Waals surface area (Å²) in [6.07, 6.45) is 35.8. The third-order valence-corrected chi connectivity index (χ3v) is 18.5. The summed E-state index contributed by atoms with van der Waals surface area (Å²) in [7, 11) is 0. The van der Waals surface area contributed by atoms with Crippen molar-refractivity contribution in [2.24, 2.45) is 0 Å². The first kappa shape index (κ1) is 58.7. The van der Waals surface area contributed by atoms with E-state index >= 15 is 0 Å². The van der Waals surface area contributed by atoms with Gasteiger partial charge in [0, 0.05) is 43.8 Å². The molecule has 0 amide bonds. The van der Waals surface area contributed by atoms with E-state index in [9.17, 15) is 0 Å². The normalized spacial score (nSPS) is 12.0. The molecule has 0 aliphatic rings. The molecule has 0 unspecified atom stereocenters. The molecular formula is C80H94N4. The molecule has 0 N–H and O–H groups in total. The number of pyridine rings is 2. The molecule has 4 aromatic heterocycles. The van der Waals surface area contributed by atoms with Crippen LogP contribution in [-0.4, -0.2) is 18.8 Å². The first-order valence-electron chi connectivity index (χ1n) is 33.6. The molecule has 0 atom stereocenters. The Morgan fingerprint density at radius 3 is 0.845 bits per heavy atom. The average Bonchev–Trinajstić information content (AvgIpc) is 1.88. The van der Waals surface area contributed by atoms with Gasteiger partial charge in [0.1, 0.15) is 11.3 Å². The summed E-state index contributed by atoms with van der Waals surface area (Å²) in [5.74, 6) is 0. The van der Waals surface area contributed by atoms with E-state index in [-0.39, 0.29) is 0 Å². The molecule has 4 nitrogen and oxygen atoms in total. The third kappa shape index (κ3) is 13.4. The zero-order valence-corrected chi connectivity index (χ0v) is 51.6. The van der Waals surface area contributed by atoms with Crippen LogP contribution >= 0.6 is 0 Å². The van der Waals surface area contributed by atoms with E-state index in [0.717, 1.165) is 92.7 Å². The molecular weight excluding hydrogens is 1020 g/mol. The van der Waals surface area contributed by atoms with Gasteiger partial charge in [-0.2, -0.15) is 0 Å². The van der Waals surface area contributed by atoms with Crippen molar-refractivity contribution in [1.82, 2.24) is 18.8 Å². The highest BCUT2D eigenvalue weighted by Crippen LogP contribution is 2.44. The number of benzene rings is 7. The van der Waals surface area contributed by atoms with E-state index < -0.39 is 0 Å². The molecule has 0 aliphatic heterocycles. The number of hydrogen-bond donors (Lipinski definition) is 0. The van der Waals surface area contributed by atoms with Crippen molar-refractivity contribution < 1.29 is 0 Å². The molecule has 4 heteroatoms. The van der Waals surface area contributed by atoms with E-state index in [1.165, 1.54) is 209 Å². The molecule has 0 bridgehead atoms. The van der Waals surface area contributed by atoms with E-state index in [1.54, 1.807) is 0 Å². The zero-order chi connectivity index (χ0) is 57.5. The summed E-state index contributed by atoms with van der Waals surface area (Å²) in [5, 5.41) is 7.10. The number of rotatable bonds is 32. The molecule has 434 valence electrons. The molecule has 0 spiro atoms. The van der Waals surface area contributed by atoms with Crippen LogP contribution in [0.1, 0.15) is 204 Å². The minimum atomic E-state index is 0.985. The van der Waals surface area contributed by atoms with Crippen LogP contribution in [0, 0.1) is 0 Å². The van der Waals surface area contributed by atoms with Gasteiger partial charge in [-0.15, -0.1) is 0 Å². The van der Waals surface area contributed by atoms with E-state index in [1.807, 2.05) is 0 Å². The Balaban J connectivity index is 1.06. The summed E-state index contributed by atoms with van der Waals surface area (Å²) < 4.78 is 4.98. The molecule has 0 aliphatic carbocycles. The minimum absolute atomic E-state index is 0.985. The van der Waals surface area contributed by atoms with Gasteiger partial charge >= 0.3 is 0 Å². The van der Waals surface area contributed by atoms with Crippen LogP contribution in [0.5, 0.6) is 0 Å². The summed E-state index contributed by atoms with van der Waals surface area (Å²) >= 11 is 0. The number of imidazole rings is 2. The molecule has 0 saturated carbocycles. The zero-order valence-electron chi connectivity index (χ0n) is 51.6. The molecule has 11 rings (SSSR count). The second kappa shape index (κ2) is 29.2. The van der Waals surface area contributed by atoms with Crippen molar-refractivity contribution in [2.45, 2.75) is 207 Å². The van der Waals surface area contributed by atoms with Crippen LogP contribution in [0.3, 0.4) is 0 Å². The summed E-state index contributed by atoms with van der Waals surface area (Å²) in [5.41, 5.74) is 19.0. The fourth-order valence-corrected chi connectivity index (χ4v) is 13.6. The maximum Gasteiger partial charge on any atom is 0.146 e. The highest BCUT2D eigenvalue weighted by atomic mass is 15.0. The molecule has 11 aromatic rings. The fourth-order valence-electron chi connectivity index (χ4n) is 13.6.